The molecule has 0 aliphatic carbocycles. The summed E-state index contributed by atoms with van der Waals surface area (Å²) < 4.78 is 0. The summed E-state index contributed by atoms with van der Waals surface area (Å²) in [6.07, 6.45) is 0. The smallest absolute Gasteiger partial charge is 0.0588 e. The summed E-state index contributed by atoms with van der Waals surface area (Å²) in [4.78, 5) is 0. The van der Waals surface area contributed by atoms with Crippen LogP contribution in [0.5, 0.6) is 0 Å². The molecule has 54 valence electrons. The molecule has 3 heteroatoms. The van der Waals surface area contributed by atoms with Crippen LogP contribution in [-0.2, 0) is 0 Å². The molecular formula is C7H8ClNS. The van der Waals surface area contributed by atoms with Crippen molar-refractivity contribution in [3.63, 3.8) is 0 Å². The molecule has 1 aromatic carbocycles. The van der Waals surface area contributed by atoms with Crippen molar-refractivity contribution >= 4 is 29.3 Å². The normalized spacial score (nSPS) is 7.30. The summed E-state index contributed by atoms with van der Waals surface area (Å²) in [5.74, 6) is 0. The molecular weight excluding hydrogens is 166 g/mol. The molecule has 0 fully saturated rings. The van der Waals surface area contributed by atoms with Gasteiger partial charge in [-0.05, 0) is 12.1 Å². The molecule has 0 unspecified atom stereocenters. The summed E-state index contributed by atoms with van der Waals surface area (Å²) in [6.45, 7) is 0. The molecule has 0 aliphatic heterocycles. The van der Waals surface area contributed by atoms with Gasteiger partial charge in [0.2, 0.25) is 0 Å². The number of rotatable bonds is 0. The summed E-state index contributed by atoms with van der Waals surface area (Å²) >= 11 is 9.59. The number of halogens is 1. The van der Waals surface area contributed by atoms with E-state index in [2.05, 4.69) is 18.0 Å². The number of benzene rings is 1. The molecule has 0 saturated carbocycles. The van der Waals surface area contributed by atoms with Gasteiger partial charge in [-0.1, -0.05) is 42.0 Å². The van der Waals surface area contributed by atoms with E-state index >= 15 is 0 Å². The zero-order valence-corrected chi connectivity index (χ0v) is 6.90. The van der Waals surface area contributed by atoms with Crippen LogP contribution in [0.3, 0.4) is 0 Å². The molecule has 0 radical (unpaired) electrons. The van der Waals surface area contributed by atoms with Gasteiger partial charge < -0.3 is 5.73 Å². The fourth-order valence-corrected chi connectivity index (χ4v) is 0.560. The van der Waals surface area contributed by atoms with Gasteiger partial charge in [-0.2, -0.15) is 0 Å². The van der Waals surface area contributed by atoms with Crippen LogP contribution in [0.25, 0.3) is 0 Å². The molecule has 1 aromatic rings. The number of hydrogen-bond acceptors (Lipinski definition) is 1. The highest BCUT2D eigenvalue weighted by molar-refractivity contribution is 7.78. The highest BCUT2D eigenvalue weighted by Gasteiger charge is 1.74. The molecule has 2 N–H and O–H groups in total. The minimum atomic E-state index is 0.794. The van der Waals surface area contributed by atoms with Gasteiger partial charge in [0.05, 0.1) is 5.49 Å². The van der Waals surface area contributed by atoms with E-state index < -0.39 is 0 Å². The van der Waals surface area contributed by atoms with Gasteiger partial charge >= 0.3 is 0 Å². The summed E-state index contributed by atoms with van der Waals surface area (Å²) in [5, 5.41) is 0.794. The number of thiocarbonyl (C=S) groups is 1. The predicted molar refractivity (Wildman–Crippen MR) is 49.3 cm³/mol. The molecule has 0 aliphatic rings. The molecule has 0 saturated heterocycles. The van der Waals surface area contributed by atoms with E-state index in [0.29, 0.717) is 0 Å². The van der Waals surface area contributed by atoms with Crippen LogP contribution in [0.15, 0.2) is 30.3 Å². The zero-order valence-electron chi connectivity index (χ0n) is 5.33. The minimum absolute atomic E-state index is 0.794. The van der Waals surface area contributed by atoms with E-state index in [1.54, 1.807) is 0 Å². The highest BCUT2D eigenvalue weighted by atomic mass is 35.5. The first-order valence-corrected chi connectivity index (χ1v) is 3.52. The Balaban J connectivity index is 0.000000236. The Labute approximate surface area is 70.8 Å². The van der Waals surface area contributed by atoms with Crippen molar-refractivity contribution in [1.29, 1.82) is 0 Å². The monoisotopic (exact) mass is 173 g/mol. The Kier molecular flexibility index (Phi) is 6.13. The molecule has 1 nitrogen and oxygen atoms in total. The van der Waals surface area contributed by atoms with Crippen molar-refractivity contribution in [3.05, 3.63) is 35.4 Å². The second kappa shape index (κ2) is 6.52. The maximum atomic E-state index is 5.54. The fraction of sp³-hybridized carbons (Fsp3) is 0. The molecule has 0 atom stereocenters. The van der Waals surface area contributed by atoms with Crippen molar-refractivity contribution in [3.8, 4) is 0 Å². The fourth-order valence-electron chi connectivity index (χ4n) is 0.415. The third-order valence-electron chi connectivity index (χ3n) is 0.733. The first-order chi connectivity index (χ1) is 4.81. The second-order valence-corrected chi connectivity index (χ2v) is 2.14. The van der Waals surface area contributed by atoms with Crippen LogP contribution in [0.2, 0.25) is 5.02 Å². The lowest BCUT2D eigenvalue weighted by Crippen LogP contribution is -1.79. The van der Waals surface area contributed by atoms with Crippen molar-refractivity contribution in [2.75, 3.05) is 0 Å². The predicted octanol–water partition coefficient (Wildman–Crippen LogP) is 2.24. The SMILES string of the molecule is Clc1ccccc1.NC=S. The van der Waals surface area contributed by atoms with Gasteiger partial charge in [0.15, 0.2) is 0 Å². The summed E-state index contributed by atoms with van der Waals surface area (Å²) in [6, 6.07) is 9.44. The Morgan fingerprint density at radius 3 is 1.90 bits per heavy atom. The molecule has 0 spiro atoms. The van der Waals surface area contributed by atoms with Crippen molar-refractivity contribution in [1.82, 2.24) is 0 Å². The van der Waals surface area contributed by atoms with Crippen molar-refractivity contribution < 1.29 is 0 Å². The molecule has 10 heavy (non-hydrogen) atoms. The van der Waals surface area contributed by atoms with Crippen LogP contribution >= 0.6 is 23.8 Å². The lowest BCUT2D eigenvalue weighted by Gasteiger charge is -1.80. The molecule has 0 amide bonds. The van der Waals surface area contributed by atoms with E-state index in [1.807, 2.05) is 30.3 Å². The van der Waals surface area contributed by atoms with Crippen LogP contribution in [0.1, 0.15) is 0 Å². The Morgan fingerprint density at radius 2 is 1.70 bits per heavy atom. The minimum Gasteiger partial charge on any atom is -0.396 e. The molecule has 0 heterocycles. The first kappa shape index (κ1) is 9.40. The second-order valence-electron chi connectivity index (χ2n) is 1.43. The van der Waals surface area contributed by atoms with Gasteiger partial charge in [-0.15, -0.1) is 0 Å². The number of nitrogens with two attached hydrogens (primary N) is 1. The first-order valence-electron chi connectivity index (χ1n) is 2.67. The van der Waals surface area contributed by atoms with Gasteiger partial charge in [-0.25, -0.2) is 0 Å². The van der Waals surface area contributed by atoms with Gasteiger partial charge in [0.25, 0.3) is 0 Å². The van der Waals surface area contributed by atoms with Crippen LogP contribution < -0.4 is 5.73 Å². The van der Waals surface area contributed by atoms with E-state index in [9.17, 15) is 0 Å². The van der Waals surface area contributed by atoms with Crippen LogP contribution in [0, 0.1) is 0 Å². The van der Waals surface area contributed by atoms with Gasteiger partial charge in [-0.3, -0.25) is 0 Å². The maximum Gasteiger partial charge on any atom is 0.0588 e. The topological polar surface area (TPSA) is 26.0 Å². The van der Waals surface area contributed by atoms with E-state index in [0.717, 1.165) is 10.5 Å². The summed E-state index contributed by atoms with van der Waals surface area (Å²) in [5.41, 5.74) is 5.62. The zero-order chi connectivity index (χ0) is 7.82. The average Bonchev–Trinajstić information content (AvgIpc) is 1.91. The summed E-state index contributed by atoms with van der Waals surface area (Å²) in [7, 11) is 0. The van der Waals surface area contributed by atoms with E-state index in [-0.39, 0.29) is 0 Å². The Bertz CT molecular complexity index is 176. The van der Waals surface area contributed by atoms with Crippen molar-refractivity contribution in [2.45, 2.75) is 0 Å². The van der Waals surface area contributed by atoms with Gasteiger partial charge in [0.1, 0.15) is 0 Å². The molecule has 0 aromatic heterocycles. The third kappa shape index (κ3) is 5.54. The van der Waals surface area contributed by atoms with E-state index in [1.165, 1.54) is 0 Å². The Morgan fingerprint density at radius 1 is 1.30 bits per heavy atom. The largest absolute Gasteiger partial charge is 0.396 e. The van der Waals surface area contributed by atoms with Crippen LogP contribution in [-0.4, -0.2) is 5.49 Å². The van der Waals surface area contributed by atoms with E-state index in [4.69, 9.17) is 11.6 Å². The number of hydrogen-bond donors (Lipinski definition) is 1. The van der Waals surface area contributed by atoms with Crippen LogP contribution in [0.4, 0.5) is 0 Å². The standard InChI is InChI=1S/C6H5Cl.CH3NS/c7-6-4-2-1-3-5-6;2-1-3/h1-5H;1H,(H2,2,3). The molecule has 1 rings (SSSR count). The van der Waals surface area contributed by atoms with Crippen molar-refractivity contribution in [2.24, 2.45) is 5.73 Å². The Hall–Kier alpha value is -0.600. The van der Waals surface area contributed by atoms with Gasteiger partial charge in [0, 0.05) is 5.02 Å². The lowest BCUT2D eigenvalue weighted by atomic mass is 10.4. The highest BCUT2D eigenvalue weighted by Crippen LogP contribution is 2.03. The maximum absolute atomic E-state index is 5.54. The average molecular weight is 174 g/mol. The molecule has 0 bridgehead atoms. The lowest BCUT2D eigenvalue weighted by molar-refractivity contribution is 1.71. The quantitative estimate of drug-likeness (QED) is 0.609. The third-order valence-corrected chi connectivity index (χ3v) is 0.985.